The van der Waals surface area contributed by atoms with Crippen molar-refractivity contribution < 1.29 is 8.42 Å². The van der Waals surface area contributed by atoms with Crippen LogP contribution in [0.2, 0.25) is 0 Å². The third-order valence-electron chi connectivity index (χ3n) is 4.81. The third-order valence-corrected chi connectivity index (χ3v) is 6.73. The van der Waals surface area contributed by atoms with Gasteiger partial charge >= 0.3 is 0 Å². The summed E-state index contributed by atoms with van der Waals surface area (Å²) in [5, 5.41) is 0. The fourth-order valence-electron chi connectivity index (χ4n) is 3.07. The maximum Gasteiger partial charge on any atom is 0.243 e. The summed E-state index contributed by atoms with van der Waals surface area (Å²) in [6, 6.07) is 7.54. The van der Waals surface area contributed by atoms with Crippen LogP contribution in [0.25, 0.3) is 0 Å². The van der Waals surface area contributed by atoms with E-state index in [1.54, 1.807) is 16.4 Å². The quantitative estimate of drug-likeness (QED) is 0.829. The Kier molecular flexibility index (Phi) is 8.20. The Morgan fingerprint density at radius 3 is 2.12 bits per heavy atom. The molecule has 6 heteroatoms. The minimum atomic E-state index is -3.37. The van der Waals surface area contributed by atoms with Crippen molar-refractivity contribution in [1.29, 1.82) is 0 Å². The summed E-state index contributed by atoms with van der Waals surface area (Å²) in [6.45, 7) is 7.55. The van der Waals surface area contributed by atoms with Crippen LogP contribution in [0.15, 0.2) is 29.2 Å². The maximum absolute atomic E-state index is 12.7. The molecule has 0 aliphatic carbocycles. The van der Waals surface area contributed by atoms with Crippen LogP contribution in [0.5, 0.6) is 0 Å². The number of halogens is 1. The molecule has 1 saturated heterocycles. The smallest absolute Gasteiger partial charge is 0.243 e. The molecule has 1 fully saturated rings. The van der Waals surface area contributed by atoms with Crippen LogP contribution in [-0.2, 0) is 16.4 Å². The van der Waals surface area contributed by atoms with E-state index in [1.165, 1.54) is 5.56 Å². The predicted molar refractivity (Wildman–Crippen MR) is 102 cm³/mol. The Morgan fingerprint density at radius 2 is 1.67 bits per heavy atom. The summed E-state index contributed by atoms with van der Waals surface area (Å²) in [7, 11) is -3.37. The van der Waals surface area contributed by atoms with Gasteiger partial charge in [-0.25, -0.2) is 8.42 Å². The second-order valence-electron chi connectivity index (χ2n) is 7.18. The van der Waals surface area contributed by atoms with Crippen molar-refractivity contribution in [3.8, 4) is 0 Å². The molecule has 1 aromatic carbocycles. The number of nitrogens with two attached hydrogens (primary N) is 1. The van der Waals surface area contributed by atoms with E-state index in [1.807, 2.05) is 19.1 Å². The van der Waals surface area contributed by atoms with Gasteiger partial charge in [0.15, 0.2) is 0 Å². The van der Waals surface area contributed by atoms with E-state index < -0.39 is 10.0 Å². The van der Waals surface area contributed by atoms with Crippen LogP contribution in [-0.4, -0.2) is 31.9 Å². The number of hydrogen-bond donors (Lipinski definition) is 1. The van der Waals surface area contributed by atoms with Crippen LogP contribution in [0.3, 0.4) is 0 Å². The topological polar surface area (TPSA) is 63.4 Å². The lowest BCUT2D eigenvalue weighted by Gasteiger charge is -2.32. The highest BCUT2D eigenvalue weighted by Crippen LogP contribution is 2.25. The standard InChI is InChI=1S/C18H30N2O2S.ClH/c1-14(2)4-5-16-6-8-18(9-7-16)23(21,22)20-12-10-17(11-13-20)15(3)19;/h6-9,14-15,17H,4-5,10-13,19H2,1-3H3;1H. The van der Waals surface area contributed by atoms with Gasteiger partial charge in [0.2, 0.25) is 10.0 Å². The summed E-state index contributed by atoms with van der Waals surface area (Å²) in [5.74, 6) is 1.09. The van der Waals surface area contributed by atoms with Crippen molar-refractivity contribution in [2.45, 2.75) is 57.4 Å². The molecule has 0 amide bonds. The molecule has 138 valence electrons. The third kappa shape index (κ3) is 5.45. The van der Waals surface area contributed by atoms with Gasteiger partial charge in [0, 0.05) is 19.1 Å². The van der Waals surface area contributed by atoms with Gasteiger partial charge < -0.3 is 5.73 Å². The summed E-state index contributed by atoms with van der Waals surface area (Å²) in [5.41, 5.74) is 7.13. The monoisotopic (exact) mass is 374 g/mol. The van der Waals surface area contributed by atoms with Gasteiger partial charge in [0.25, 0.3) is 0 Å². The van der Waals surface area contributed by atoms with E-state index >= 15 is 0 Å². The Labute approximate surface area is 153 Å². The minimum absolute atomic E-state index is 0. The molecule has 4 nitrogen and oxygen atoms in total. The predicted octanol–water partition coefficient (Wildman–Crippen LogP) is 3.44. The van der Waals surface area contributed by atoms with E-state index in [-0.39, 0.29) is 18.4 Å². The van der Waals surface area contributed by atoms with Crippen molar-refractivity contribution in [3.63, 3.8) is 0 Å². The van der Waals surface area contributed by atoms with E-state index in [0.29, 0.717) is 29.8 Å². The fraction of sp³-hybridized carbons (Fsp3) is 0.667. The Balaban J connectivity index is 0.00000288. The Bertz CT molecular complexity index is 592. The molecule has 0 spiro atoms. The van der Waals surface area contributed by atoms with Gasteiger partial charge in [-0.15, -0.1) is 12.4 Å². The summed E-state index contributed by atoms with van der Waals surface area (Å²) >= 11 is 0. The largest absolute Gasteiger partial charge is 0.328 e. The first-order valence-electron chi connectivity index (χ1n) is 8.65. The SMILES string of the molecule is CC(C)CCc1ccc(S(=O)(=O)N2CCC(C(C)N)CC2)cc1.Cl. The first-order chi connectivity index (χ1) is 10.8. The lowest BCUT2D eigenvalue weighted by Crippen LogP contribution is -2.42. The summed E-state index contributed by atoms with van der Waals surface area (Å²) in [4.78, 5) is 0.407. The first kappa shape index (κ1) is 21.4. The van der Waals surface area contributed by atoms with Crippen molar-refractivity contribution in [1.82, 2.24) is 4.31 Å². The van der Waals surface area contributed by atoms with Crippen LogP contribution < -0.4 is 5.73 Å². The number of piperidine rings is 1. The van der Waals surface area contributed by atoms with Gasteiger partial charge in [-0.2, -0.15) is 4.31 Å². The normalized spacial score (nSPS) is 18.4. The molecule has 1 unspecified atom stereocenters. The maximum atomic E-state index is 12.7. The van der Waals surface area contributed by atoms with Crippen molar-refractivity contribution in [3.05, 3.63) is 29.8 Å². The minimum Gasteiger partial charge on any atom is -0.328 e. The van der Waals surface area contributed by atoms with Gasteiger partial charge in [0.05, 0.1) is 4.90 Å². The molecular formula is C18H31ClN2O2S. The highest BCUT2D eigenvalue weighted by molar-refractivity contribution is 7.89. The van der Waals surface area contributed by atoms with Crippen molar-refractivity contribution >= 4 is 22.4 Å². The van der Waals surface area contributed by atoms with Gasteiger partial charge in [0.1, 0.15) is 0 Å². The molecule has 1 heterocycles. The molecule has 0 saturated carbocycles. The molecular weight excluding hydrogens is 344 g/mol. The number of rotatable bonds is 6. The lowest BCUT2D eigenvalue weighted by atomic mass is 9.92. The zero-order valence-electron chi connectivity index (χ0n) is 14.9. The molecule has 1 aromatic rings. The van der Waals surface area contributed by atoms with E-state index in [4.69, 9.17) is 5.73 Å². The summed E-state index contributed by atoms with van der Waals surface area (Å²) < 4.78 is 27.1. The second kappa shape index (κ2) is 9.18. The molecule has 1 aliphatic rings. The van der Waals surface area contributed by atoms with E-state index in [2.05, 4.69) is 13.8 Å². The summed E-state index contributed by atoms with van der Waals surface area (Å²) in [6.07, 6.45) is 3.82. The van der Waals surface area contributed by atoms with E-state index in [0.717, 1.165) is 25.7 Å². The number of nitrogens with zero attached hydrogens (tertiary/aromatic N) is 1. The Hall–Kier alpha value is -0.620. The molecule has 0 bridgehead atoms. The van der Waals surface area contributed by atoms with Crippen LogP contribution in [0.1, 0.15) is 45.6 Å². The lowest BCUT2D eigenvalue weighted by molar-refractivity contribution is 0.250. The molecule has 1 atom stereocenters. The molecule has 2 rings (SSSR count). The van der Waals surface area contributed by atoms with E-state index in [9.17, 15) is 8.42 Å². The molecule has 0 aromatic heterocycles. The highest BCUT2D eigenvalue weighted by atomic mass is 35.5. The van der Waals surface area contributed by atoms with Crippen LogP contribution in [0.4, 0.5) is 0 Å². The van der Waals surface area contributed by atoms with Crippen LogP contribution in [0, 0.1) is 11.8 Å². The number of aryl methyl sites for hydroxylation is 1. The van der Waals surface area contributed by atoms with Crippen LogP contribution >= 0.6 is 12.4 Å². The number of benzene rings is 1. The highest BCUT2D eigenvalue weighted by Gasteiger charge is 2.30. The zero-order chi connectivity index (χ0) is 17.0. The molecule has 2 N–H and O–H groups in total. The average molecular weight is 375 g/mol. The molecule has 1 aliphatic heterocycles. The average Bonchev–Trinajstić information content (AvgIpc) is 2.53. The number of sulfonamides is 1. The number of hydrogen-bond acceptors (Lipinski definition) is 3. The van der Waals surface area contributed by atoms with Gasteiger partial charge in [-0.3, -0.25) is 0 Å². The van der Waals surface area contributed by atoms with Crippen molar-refractivity contribution in [2.24, 2.45) is 17.6 Å². The molecule has 24 heavy (non-hydrogen) atoms. The van der Waals surface area contributed by atoms with Gasteiger partial charge in [-0.05, 0) is 62.1 Å². The van der Waals surface area contributed by atoms with Crippen molar-refractivity contribution in [2.75, 3.05) is 13.1 Å². The first-order valence-corrected chi connectivity index (χ1v) is 10.1. The zero-order valence-corrected chi connectivity index (χ0v) is 16.6. The fourth-order valence-corrected chi connectivity index (χ4v) is 4.54. The Morgan fingerprint density at radius 1 is 1.12 bits per heavy atom. The second-order valence-corrected chi connectivity index (χ2v) is 9.12. The van der Waals surface area contributed by atoms with Gasteiger partial charge in [-0.1, -0.05) is 26.0 Å². The molecule has 0 radical (unpaired) electrons.